The van der Waals surface area contributed by atoms with E-state index in [-0.39, 0.29) is 11.7 Å². The number of rotatable bonds is 4. The number of hydrogen-bond donors (Lipinski definition) is 1. The van der Waals surface area contributed by atoms with E-state index in [0.29, 0.717) is 11.3 Å². The number of benzene rings is 2. The van der Waals surface area contributed by atoms with Gasteiger partial charge in [-0.05, 0) is 54.6 Å². The Morgan fingerprint density at radius 1 is 0.857 bits per heavy atom. The number of halogens is 1. The second-order valence-electron chi connectivity index (χ2n) is 6.53. The Morgan fingerprint density at radius 3 is 2.11 bits per heavy atom. The van der Waals surface area contributed by atoms with Crippen LogP contribution in [0.25, 0.3) is 0 Å². The molecule has 0 saturated carbocycles. The molecule has 0 radical (unpaired) electrons. The van der Waals surface area contributed by atoms with Crippen LogP contribution in [0.15, 0.2) is 67.0 Å². The van der Waals surface area contributed by atoms with Crippen LogP contribution < -0.4 is 15.1 Å². The van der Waals surface area contributed by atoms with E-state index in [4.69, 9.17) is 0 Å². The van der Waals surface area contributed by atoms with Crippen LogP contribution in [0, 0.1) is 5.82 Å². The molecule has 4 rings (SSSR count). The van der Waals surface area contributed by atoms with Crippen LogP contribution in [0.2, 0.25) is 0 Å². The molecule has 2 heterocycles. The van der Waals surface area contributed by atoms with Gasteiger partial charge in [0.15, 0.2) is 0 Å². The molecule has 0 unspecified atom stereocenters. The van der Waals surface area contributed by atoms with Gasteiger partial charge in [0.1, 0.15) is 5.82 Å². The van der Waals surface area contributed by atoms with Crippen molar-refractivity contribution >= 4 is 23.2 Å². The maximum absolute atomic E-state index is 13.0. The summed E-state index contributed by atoms with van der Waals surface area (Å²) < 4.78 is 13.0. The van der Waals surface area contributed by atoms with Crippen molar-refractivity contribution in [1.29, 1.82) is 0 Å². The summed E-state index contributed by atoms with van der Waals surface area (Å²) >= 11 is 0. The summed E-state index contributed by atoms with van der Waals surface area (Å²) in [6.45, 7) is 3.46. The zero-order valence-electron chi connectivity index (χ0n) is 15.3. The lowest BCUT2D eigenvalue weighted by Crippen LogP contribution is -2.47. The van der Waals surface area contributed by atoms with Crippen LogP contribution in [0.4, 0.5) is 21.7 Å². The largest absolute Gasteiger partial charge is 0.368 e. The van der Waals surface area contributed by atoms with Gasteiger partial charge >= 0.3 is 0 Å². The van der Waals surface area contributed by atoms with Crippen molar-refractivity contribution in [1.82, 2.24) is 9.97 Å². The molecule has 1 saturated heterocycles. The highest BCUT2D eigenvalue weighted by Gasteiger charge is 2.19. The van der Waals surface area contributed by atoms with E-state index in [9.17, 15) is 9.18 Å². The second kappa shape index (κ2) is 8.04. The molecule has 6 nitrogen and oxygen atoms in total. The van der Waals surface area contributed by atoms with E-state index in [1.165, 1.54) is 24.3 Å². The molecule has 0 bridgehead atoms. The first-order valence-electron chi connectivity index (χ1n) is 9.13. The summed E-state index contributed by atoms with van der Waals surface area (Å²) in [5, 5.41) is 2.83. The number of piperazine rings is 1. The summed E-state index contributed by atoms with van der Waals surface area (Å²) in [7, 11) is 0. The van der Waals surface area contributed by atoms with Crippen LogP contribution in [0.3, 0.4) is 0 Å². The Bertz CT molecular complexity index is 923. The smallest absolute Gasteiger partial charge is 0.255 e. The Kier molecular flexibility index (Phi) is 5.14. The molecule has 142 valence electrons. The van der Waals surface area contributed by atoms with Crippen molar-refractivity contribution in [2.45, 2.75) is 0 Å². The zero-order valence-corrected chi connectivity index (χ0v) is 15.3. The first-order chi connectivity index (χ1) is 13.7. The molecular formula is C21H20FN5O. The van der Waals surface area contributed by atoms with Crippen LogP contribution in [-0.4, -0.2) is 42.1 Å². The zero-order chi connectivity index (χ0) is 19.3. The molecule has 2 aromatic carbocycles. The number of carbonyl (C=O) groups excluding carboxylic acids is 1. The fourth-order valence-corrected chi connectivity index (χ4v) is 3.18. The van der Waals surface area contributed by atoms with E-state index in [1.54, 1.807) is 12.4 Å². The van der Waals surface area contributed by atoms with E-state index in [1.807, 2.05) is 30.3 Å². The Hall–Kier alpha value is -3.48. The van der Waals surface area contributed by atoms with Gasteiger partial charge in [-0.2, -0.15) is 0 Å². The predicted molar refractivity (Wildman–Crippen MR) is 107 cm³/mol. The topological polar surface area (TPSA) is 61.4 Å². The minimum atomic E-state index is -0.361. The maximum atomic E-state index is 13.0. The highest BCUT2D eigenvalue weighted by Crippen LogP contribution is 2.21. The highest BCUT2D eigenvalue weighted by atomic mass is 19.1. The molecule has 1 fully saturated rings. The summed E-state index contributed by atoms with van der Waals surface area (Å²) in [5.74, 6) is 0.144. The molecule has 1 amide bonds. The molecule has 1 N–H and O–H groups in total. The van der Waals surface area contributed by atoms with Gasteiger partial charge in [-0.15, -0.1) is 0 Å². The van der Waals surface area contributed by atoms with Crippen molar-refractivity contribution in [3.8, 4) is 0 Å². The lowest BCUT2D eigenvalue weighted by atomic mass is 10.2. The fraction of sp³-hybridized carbons (Fsp3) is 0.190. The molecule has 3 aromatic rings. The monoisotopic (exact) mass is 377 g/mol. The summed E-state index contributed by atoms with van der Waals surface area (Å²) in [4.78, 5) is 25.3. The average molecular weight is 377 g/mol. The number of aromatic nitrogens is 2. The van der Waals surface area contributed by atoms with Gasteiger partial charge in [-0.3, -0.25) is 4.79 Å². The number of carbonyl (C=O) groups is 1. The van der Waals surface area contributed by atoms with Crippen LogP contribution in [0.5, 0.6) is 0 Å². The van der Waals surface area contributed by atoms with Crippen molar-refractivity contribution in [3.63, 3.8) is 0 Å². The highest BCUT2D eigenvalue weighted by molar-refractivity contribution is 6.04. The number of nitrogens with one attached hydrogen (secondary N) is 1. The van der Waals surface area contributed by atoms with Crippen molar-refractivity contribution in [2.75, 3.05) is 41.3 Å². The minimum Gasteiger partial charge on any atom is -0.368 e. The standard InChI is InChI=1S/C21H20FN5O/c22-17-4-2-16(3-5-17)20(28)25-18-6-8-19(9-7-18)26-12-14-27(15-13-26)21-23-10-1-11-24-21/h1-11H,12-15H2,(H,25,28). The normalized spacial score (nSPS) is 14.0. The molecule has 1 aromatic heterocycles. The van der Waals surface area contributed by atoms with Gasteiger partial charge in [-0.25, -0.2) is 14.4 Å². The SMILES string of the molecule is O=C(Nc1ccc(N2CCN(c3ncccn3)CC2)cc1)c1ccc(F)cc1. The van der Waals surface area contributed by atoms with Crippen molar-refractivity contribution < 1.29 is 9.18 Å². The third kappa shape index (κ3) is 4.09. The fourth-order valence-electron chi connectivity index (χ4n) is 3.18. The molecule has 0 aliphatic carbocycles. The van der Waals surface area contributed by atoms with Gasteiger partial charge in [0.05, 0.1) is 0 Å². The lowest BCUT2D eigenvalue weighted by molar-refractivity contribution is 0.102. The van der Waals surface area contributed by atoms with Crippen molar-refractivity contribution in [3.05, 3.63) is 78.4 Å². The third-order valence-electron chi connectivity index (χ3n) is 4.71. The first-order valence-corrected chi connectivity index (χ1v) is 9.13. The van der Waals surface area contributed by atoms with Crippen LogP contribution >= 0.6 is 0 Å². The van der Waals surface area contributed by atoms with Gasteiger partial charge in [0.25, 0.3) is 5.91 Å². The molecule has 0 spiro atoms. The van der Waals surface area contributed by atoms with Gasteiger partial charge in [0.2, 0.25) is 5.95 Å². The molecule has 1 aliphatic rings. The van der Waals surface area contributed by atoms with Crippen LogP contribution in [-0.2, 0) is 0 Å². The van der Waals surface area contributed by atoms with Gasteiger partial charge in [0, 0.05) is 55.5 Å². The van der Waals surface area contributed by atoms with Gasteiger partial charge < -0.3 is 15.1 Å². The molecule has 1 aliphatic heterocycles. The number of nitrogens with zero attached hydrogens (tertiary/aromatic N) is 4. The molecular weight excluding hydrogens is 357 g/mol. The minimum absolute atomic E-state index is 0.260. The quantitative estimate of drug-likeness (QED) is 0.757. The number of hydrogen-bond acceptors (Lipinski definition) is 5. The second-order valence-corrected chi connectivity index (χ2v) is 6.53. The summed E-state index contributed by atoms with van der Waals surface area (Å²) in [6, 6.07) is 15.0. The predicted octanol–water partition coefficient (Wildman–Crippen LogP) is 3.19. The van der Waals surface area contributed by atoms with E-state index < -0.39 is 0 Å². The van der Waals surface area contributed by atoms with Crippen molar-refractivity contribution in [2.24, 2.45) is 0 Å². The molecule has 7 heteroatoms. The van der Waals surface area contributed by atoms with E-state index in [2.05, 4.69) is 25.1 Å². The van der Waals surface area contributed by atoms with E-state index >= 15 is 0 Å². The number of anilines is 3. The third-order valence-corrected chi connectivity index (χ3v) is 4.71. The number of amides is 1. The van der Waals surface area contributed by atoms with E-state index in [0.717, 1.165) is 37.8 Å². The molecule has 28 heavy (non-hydrogen) atoms. The Balaban J connectivity index is 1.35. The van der Waals surface area contributed by atoms with Gasteiger partial charge in [-0.1, -0.05) is 0 Å². The Morgan fingerprint density at radius 2 is 1.46 bits per heavy atom. The molecule has 0 atom stereocenters. The summed E-state index contributed by atoms with van der Waals surface area (Å²) in [5.41, 5.74) is 2.23. The Labute approximate surface area is 162 Å². The lowest BCUT2D eigenvalue weighted by Gasteiger charge is -2.36. The summed E-state index contributed by atoms with van der Waals surface area (Å²) in [6.07, 6.45) is 3.52. The first kappa shape index (κ1) is 17.9. The maximum Gasteiger partial charge on any atom is 0.255 e. The van der Waals surface area contributed by atoms with Crippen LogP contribution in [0.1, 0.15) is 10.4 Å². The average Bonchev–Trinajstić information content (AvgIpc) is 2.75.